The van der Waals surface area contributed by atoms with Crippen molar-refractivity contribution in [3.05, 3.63) is 52.2 Å². The van der Waals surface area contributed by atoms with Crippen LogP contribution in [0.15, 0.2) is 41.8 Å². The third-order valence-corrected chi connectivity index (χ3v) is 5.34. The van der Waals surface area contributed by atoms with Gasteiger partial charge in [-0.1, -0.05) is 30.3 Å². The molecular weight excluding hydrogens is 310 g/mol. The second kappa shape index (κ2) is 7.15. The topological polar surface area (TPSA) is 49.8 Å². The number of ether oxygens (including phenoxy) is 1. The number of benzene rings is 1. The molecule has 0 bridgehead atoms. The SMILES string of the molecule is COc1ccsc1C(=O)N1CCC(C(O)c2ccccc2)CC1. The van der Waals surface area contributed by atoms with Crippen LogP contribution in [0.5, 0.6) is 5.75 Å². The van der Waals surface area contributed by atoms with Gasteiger partial charge in [-0.05, 0) is 35.8 Å². The molecule has 1 amide bonds. The van der Waals surface area contributed by atoms with Crippen LogP contribution >= 0.6 is 11.3 Å². The minimum Gasteiger partial charge on any atom is -0.495 e. The third-order valence-electron chi connectivity index (χ3n) is 4.46. The largest absolute Gasteiger partial charge is 0.495 e. The third kappa shape index (κ3) is 3.41. The fourth-order valence-electron chi connectivity index (χ4n) is 3.10. The van der Waals surface area contributed by atoms with E-state index in [1.54, 1.807) is 7.11 Å². The number of aliphatic hydroxyl groups excluding tert-OH is 1. The molecule has 1 saturated heterocycles. The molecular formula is C18H21NO3S. The maximum atomic E-state index is 12.6. The summed E-state index contributed by atoms with van der Waals surface area (Å²) in [5.74, 6) is 0.877. The van der Waals surface area contributed by atoms with Crippen molar-refractivity contribution in [3.63, 3.8) is 0 Å². The van der Waals surface area contributed by atoms with Crippen molar-refractivity contribution in [1.29, 1.82) is 0 Å². The number of aliphatic hydroxyl groups is 1. The highest BCUT2D eigenvalue weighted by atomic mass is 32.1. The van der Waals surface area contributed by atoms with Gasteiger partial charge >= 0.3 is 0 Å². The molecule has 1 atom stereocenters. The number of hydrogen-bond acceptors (Lipinski definition) is 4. The maximum absolute atomic E-state index is 12.6. The monoisotopic (exact) mass is 331 g/mol. The number of hydrogen-bond donors (Lipinski definition) is 1. The number of carbonyl (C=O) groups is 1. The van der Waals surface area contributed by atoms with Crippen molar-refractivity contribution in [3.8, 4) is 5.75 Å². The van der Waals surface area contributed by atoms with Crippen molar-refractivity contribution in [2.45, 2.75) is 18.9 Å². The highest BCUT2D eigenvalue weighted by molar-refractivity contribution is 7.12. The Morgan fingerprint density at radius 1 is 1.26 bits per heavy atom. The van der Waals surface area contributed by atoms with E-state index in [1.165, 1.54) is 11.3 Å². The van der Waals surface area contributed by atoms with Gasteiger partial charge in [-0.3, -0.25) is 4.79 Å². The van der Waals surface area contributed by atoms with E-state index in [9.17, 15) is 9.90 Å². The van der Waals surface area contributed by atoms with E-state index in [0.29, 0.717) is 23.7 Å². The molecule has 0 saturated carbocycles. The molecule has 1 aliphatic rings. The van der Waals surface area contributed by atoms with Crippen molar-refractivity contribution >= 4 is 17.2 Å². The van der Waals surface area contributed by atoms with Crippen LogP contribution in [-0.2, 0) is 0 Å². The van der Waals surface area contributed by atoms with Gasteiger partial charge in [0.15, 0.2) is 0 Å². The predicted molar refractivity (Wildman–Crippen MR) is 90.9 cm³/mol. The van der Waals surface area contributed by atoms with Gasteiger partial charge in [-0.15, -0.1) is 11.3 Å². The molecule has 2 heterocycles. The molecule has 5 heteroatoms. The Bertz CT molecular complexity index is 647. The van der Waals surface area contributed by atoms with Gasteiger partial charge in [0.1, 0.15) is 10.6 Å². The Labute approximate surface area is 140 Å². The fraction of sp³-hybridized carbons (Fsp3) is 0.389. The lowest BCUT2D eigenvalue weighted by molar-refractivity contribution is 0.0463. The van der Waals surface area contributed by atoms with E-state index in [1.807, 2.05) is 46.7 Å². The molecule has 122 valence electrons. The zero-order valence-electron chi connectivity index (χ0n) is 13.1. The van der Waals surface area contributed by atoms with Gasteiger partial charge in [0, 0.05) is 13.1 Å². The molecule has 1 N–H and O–H groups in total. The fourth-order valence-corrected chi connectivity index (χ4v) is 3.92. The van der Waals surface area contributed by atoms with E-state index in [2.05, 4.69) is 0 Å². The standard InChI is InChI=1S/C18H21NO3S/c1-22-15-9-12-23-17(15)18(21)19-10-7-14(8-11-19)16(20)13-5-3-2-4-6-13/h2-6,9,12,14,16,20H,7-8,10-11H2,1H3. The van der Waals surface area contributed by atoms with Crippen LogP contribution in [0.1, 0.15) is 34.2 Å². The lowest BCUT2D eigenvalue weighted by atomic mass is 9.87. The maximum Gasteiger partial charge on any atom is 0.267 e. The lowest BCUT2D eigenvalue weighted by Crippen LogP contribution is -2.39. The molecule has 1 aromatic carbocycles. The summed E-state index contributed by atoms with van der Waals surface area (Å²) in [6.45, 7) is 1.35. The minimum absolute atomic E-state index is 0.0319. The van der Waals surface area contributed by atoms with Crippen molar-refractivity contribution < 1.29 is 14.6 Å². The number of likely N-dealkylation sites (tertiary alicyclic amines) is 1. The number of rotatable bonds is 4. The summed E-state index contributed by atoms with van der Waals surface area (Å²) in [5.41, 5.74) is 0.956. The molecule has 1 fully saturated rings. The van der Waals surface area contributed by atoms with E-state index in [0.717, 1.165) is 18.4 Å². The van der Waals surface area contributed by atoms with Gasteiger partial charge in [0.25, 0.3) is 5.91 Å². The minimum atomic E-state index is -0.454. The van der Waals surface area contributed by atoms with Gasteiger partial charge in [0.05, 0.1) is 13.2 Å². The number of piperidine rings is 1. The molecule has 4 nitrogen and oxygen atoms in total. The van der Waals surface area contributed by atoms with Crippen LogP contribution in [0.25, 0.3) is 0 Å². The molecule has 1 aromatic heterocycles. The Balaban J connectivity index is 1.61. The first-order valence-corrected chi connectivity index (χ1v) is 8.72. The number of methoxy groups -OCH3 is 1. The van der Waals surface area contributed by atoms with E-state index < -0.39 is 6.10 Å². The smallest absolute Gasteiger partial charge is 0.267 e. The van der Waals surface area contributed by atoms with Gasteiger partial charge in [-0.25, -0.2) is 0 Å². The molecule has 1 unspecified atom stereocenters. The highest BCUT2D eigenvalue weighted by Crippen LogP contribution is 2.32. The van der Waals surface area contributed by atoms with Crippen molar-refractivity contribution in [2.24, 2.45) is 5.92 Å². The number of thiophene rings is 1. The summed E-state index contributed by atoms with van der Waals surface area (Å²) in [7, 11) is 1.58. The van der Waals surface area contributed by atoms with Crippen LogP contribution < -0.4 is 4.74 Å². The number of nitrogens with zero attached hydrogens (tertiary/aromatic N) is 1. The van der Waals surface area contributed by atoms with Crippen LogP contribution in [0.4, 0.5) is 0 Å². The zero-order valence-corrected chi connectivity index (χ0v) is 14.0. The average Bonchev–Trinajstić information content (AvgIpc) is 3.10. The Kier molecular flexibility index (Phi) is 4.98. The average molecular weight is 331 g/mol. The first kappa shape index (κ1) is 16.0. The first-order valence-electron chi connectivity index (χ1n) is 7.84. The Morgan fingerprint density at radius 2 is 1.96 bits per heavy atom. The van der Waals surface area contributed by atoms with Crippen LogP contribution in [0.3, 0.4) is 0 Å². The molecule has 23 heavy (non-hydrogen) atoms. The summed E-state index contributed by atoms with van der Waals surface area (Å²) < 4.78 is 5.24. The molecule has 0 radical (unpaired) electrons. The van der Waals surface area contributed by atoms with Gasteiger partial charge in [0.2, 0.25) is 0 Å². The molecule has 2 aromatic rings. The summed E-state index contributed by atoms with van der Waals surface area (Å²) in [6.07, 6.45) is 1.18. The molecule has 0 aliphatic carbocycles. The van der Waals surface area contributed by atoms with Gasteiger partial charge < -0.3 is 14.7 Å². The number of carbonyl (C=O) groups excluding carboxylic acids is 1. The van der Waals surface area contributed by atoms with Crippen LogP contribution in [0, 0.1) is 5.92 Å². The van der Waals surface area contributed by atoms with Crippen LogP contribution in [-0.4, -0.2) is 36.1 Å². The van der Waals surface area contributed by atoms with Crippen molar-refractivity contribution in [2.75, 3.05) is 20.2 Å². The summed E-state index contributed by atoms with van der Waals surface area (Å²) in [5, 5.41) is 12.4. The zero-order chi connectivity index (χ0) is 16.2. The van der Waals surface area contributed by atoms with Gasteiger partial charge in [-0.2, -0.15) is 0 Å². The van der Waals surface area contributed by atoms with Crippen LogP contribution in [0.2, 0.25) is 0 Å². The second-order valence-corrected chi connectivity index (χ2v) is 6.72. The molecule has 0 spiro atoms. The summed E-state index contributed by atoms with van der Waals surface area (Å²) in [4.78, 5) is 15.1. The summed E-state index contributed by atoms with van der Waals surface area (Å²) in [6, 6.07) is 11.6. The Hall–Kier alpha value is -1.85. The summed E-state index contributed by atoms with van der Waals surface area (Å²) >= 11 is 1.41. The number of amides is 1. The van der Waals surface area contributed by atoms with E-state index >= 15 is 0 Å². The highest BCUT2D eigenvalue weighted by Gasteiger charge is 2.30. The quantitative estimate of drug-likeness (QED) is 0.935. The molecule has 1 aliphatic heterocycles. The molecule has 3 rings (SSSR count). The second-order valence-electron chi connectivity index (χ2n) is 5.80. The Morgan fingerprint density at radius 3 is 2.61 bits per heavy atom. The van der Waals surface area contributed by atoms with E-state index in [4.69, 9.17) is 4.74 Å². The van der Waals surface area contributed by atoms with Crippen molar-refractivity contribution in [1.82, 2.24) is 4.90 Å². The lowest BCUT2D eigenvalue weighted by Gasteiger charge is -2.34. The van der Waals surface area contributed by atoms with E-state index in [-0.39, 0.29) is 11.8 Å². The predicted octanol–water partition coefficient (Wildman–Crippen LogP) is 3.34. The first-order chi connectivity index (χ1) is 11.2. The normalized spacial score (nSPS) is 17.0.